The lowest BCUT2D eigenvalue weighted by Gasteiger charge is -2.18. The standard InChI is InChI=1S/C22H21F3N2O/c1-3-15-7-9-16(10-8-15)13-27-19(17-6-4-5-14(2)11-17)12-18(22(23,24)25)20(26)21(27)28/h4-12H,3,13,26H2,1-2H3. The van der Waals surface area contributed by atoms with E-state index in [1.165, 1.54) is 4.57 Å². The first-order chi connectivity index (χ1) is 13.2. The first kappa shape index (κ1) is 19.7. The van der Waals surface area contributed by atoms with Gasteiger partial charge in [0.05, 0.1) is 17.8 Å². The lowest BCUT2D eigenvalue weighted by molar-refractivity contribution is -0.137. The molecule has 0 spiro atoms. The Morgan fingerprint density at radius 2 is 1.64 bits per heavy atom. The summed E-state index contributed by atoms with van der Waals surface area (Å²) in [5.41, 5.74) is 6.42. The van der Waals surface area contributed by atoms with E-state index in [0.717, 1.165) is 29.2 Å². The second kappa shape index (κ2) is 7.54. The molecule has 2 N–H and O–H groups in total. The average molecular weight is 386 g/mol. The molecule has 0 bridgehead atoms. The van der Waals surface area contributed by atoms with Crippen molar-refractivity contribution in [3.05, 3.63) is 87.2 Å². The minimum Gasteiger partial charge on any atom is -0.394 e. The summed E-state index contributed by atoms with van der Waals surface area (Å²) in [4.78, 5) is 12.8. The topological polar surface area (TPSA) is 48.0 Å². The zero-order chi connectivity index (χ0) is 20.5. The lowest BCUT2D eigenvalue weighted by Crippen LogP contribution is -2.28. The van der Waals surface area contributed by atoms with E-state index in [2.05, 4.69) is 0 Å². The molecule has 0 atom stereocenters. The number of nitrogen functional groups attached to an aromatic ring is 1. The van der Waals surface area contributed by atoms with Gasteiger partial charge in [-0.2, -0.15) is 13.2 Å². The monoisotopic (exact) mass is 386 g/mol. The third-order valence-electron chi connectivity index (χ3n) is 4.73. The predicted molar refractivity (Wildman–Crippen MR) is 105 cm³/mol. The number of nitrogens with two attached hydrogens (primary N) is 1. The molecule has 0 aliphatic heterocycles. The molecule has 0 radical (unpaired) electrons. The van der Waals surface area contributed by atoms with Gasteiger partial charge < -0.3 is 10.3 Å². The molecule has 0 unspecified atom stereocenters. The summed E-state index contributed by atoms with van der Waals surface area (Å²) in [5.74, 6) is 0. The Bertz CT molecular complexity index is 1050. The van der Waals surface area contributed by atoms with Gasteiger partial charge in [-0.3, -0.25) is 4.79 Å². The molecule has 0 saturated carbocycles. The molecule has 2 aromatic carbocycles. The van der Waals surface area contributed by atoms with E-state index >= 15 is 0 Å². The van der Waals surface area contributed by atoms with Crippen LogP contribution < -0.4 is 11.3 Å². The number of anilines is 1. The van der Waals surface area contributed by atoms with E-state index < -0.39 is 23.0 Å². The van der Waals surface area contributed by atoms with E-state index in [0.29, 0.717) is 5.56 Å². The van der Waals surface area contributed by atoms with Crippen molar-refractivity contribution in [3.63, 3.8) is 0 Å². The van der Waals surface area contributed by atoms with Crippen molar-refractivity contribution in [3.8, 4) is 11.3 Å². The highest BCUT2D eigenvalue weighted by atomic mass is 19.4. The number of halogens is 3. The van der Waals surface area contributed by atoms with Crippen LogP contribution in [0.25, 0.3) is 11.3 Å². The largest absolute Gasteiger partial charge is 0.418 e. The van der Waals surface area contributed by atoms with Crippen LogP contribution in [-0.2, 0) is 19.1 Å². The zero-order valence-corrected chi connectivity index (χ0v) is 15.7. The second-order valence-corrected chi connectivity index (χ2v) is 6.79. The Morgan fingerprint density at radius 3 is 2.21 bits per heavy atom. The van der Waals surface area contributed by atoms with Gasteiger partial charge in [-0.25, -0.2) is 0 Å². The molecule has 0 aliphatic carbocycles. The fraction of sp³-hybridized carbons (Fsp3) is 0.227. The van der Waals surface area contributed by atoms with E-state index in [9.17, 15) is 18.0 Å². The van der Waals surface area contributed by atoms with Crippen LogP contribution in [-0.4, -0.2) is 4.57 Å². The quantitative estimate of drug-likeness (QED) is 0.683. The molecule has 1 heterocycles. The maximum atomic E-state index is 13.4. The molecular formula is C22H21F3N2O. The number of pyridine rings is 1. The molecule has 0 fully saturated rings. The third-order valence-corrected chi connectivity index (χ3v) is 4.73. The maximum Gasteiger partial charge on any atom is 0.418 e. The number of alkyl halides is 3. The Morgan fingerprint density at radius 1 is 1.00 bits per heavy atom. The molecule has 3 nitrogen and oxygen atoms in total. The van der Waals surface area contributed by atoms with E-state index in [4.69, 9.17) is 5.73 Å². The first-order valence-corrected chi connectivity index (χ1v) is 8.96. The summed E-state index contributed by atoms with van der Waals surface area (Å²) in [6.07, 6.45) is -3.83. The van der Waals surface area contributed by atoms with Crippen molar-refractivity contribution < 1.29 is 13.2 Å². The van der Waals surface area contributed by atoms with Gasteiger partial charge in [-0.15, -0.1) is 0 Å². The van der Waals surface area contributed by atoms with Gasteiger partial charge in [0.15, 0.2) is 0 Å². The van der Waals surface area contributed by atoms with Crippen LogP contribution in [0, 0.1) is 6.92 Å². The molecule has 3 aromatic rings. The molecule has 0 aliphatic rings. The highest BCUT2D eigenvalue weighted by molar-refractivity contribution is 5.65. The summed E-state index contributed by atoms with van der Waals surface area (Å²) < 4.78 is 41.6. The second-order valence-electron chi connectivity index (χ2n) is 6.79. The fourth-order valence-electron chi connectivity index (χ4n) is 3.16. The highest BCUT2D eigenvalue weighted by Crippen LogP contribution is 2.35. The summed E-state index contributed by atoms with van der Waals surface area (Å²) in [5, 5.41) is 0. The number of benzene rings is 2. The average Bonchev–Trinajstić information content (AvgIpc) is 2.65. The third kappa shape index (κ3) is 3.96. The van der Waals surface area contributed by atoms with Crippen LogP contribution in [0.5, 0.6) is 0 Å². The van der Waals surface area contributed by atoms with Crippen molar-refractivity contribution >= 4 is 5.69 Å². The molecule has 1 aromatic heterocycles. The van der Waals surface area contributed by atoms with Crippen LogP contribution in [0.4, 0.5) is 18.9 Å². The van der Waals surface area contributed by atoms with Gasteiger partial charge in [0.1, 0.15) is 5.69 Å². The number of rotatable bonds is 4. The Kier molecular flexibility index (Phi) is 5.31. The SMILES string of the molecule is CCc1ccc(Cn2c(-c3cccc(C)c3)cc(C(F)(F)F)c(N)c2=O)cc1. The molecular weight excluding hydrogens is 365 g/mol. The normalized spacial score (nSPS) is 11.6. The van der Waals surface area contributed by atoms with E-state index in [1.807, 2.05) is 44.2 Å². The summed E-state index contributed by atoms with van der Waals surface area (Å²) >= 11 is 0. The van der Waals surface area contributed by atoms with Crippen molar-refractivity contribution in [1.82, 2.24) is 4.57 Å². The number of aromatic nitrogens is 1. The van der Waals surface area contributed by atoms with Gasteiger partial charge in [0.2, 0.25) is 0 Å². The summed E-state index contributed by atoms with van der Waals surface area (Å²) in [7, 11) is 0. The Labute approximate surface area is 161 Å². The summed E-state index contributed by atoms with van der Waals surface area (Å²) in [6, 6.07) is 15.6. The Balaban J connectivity index is 2.21. The van der Waals surface area contributed by atoms with Crippen molar-refractivity contribution in [2.24, 2.45) is 0 Å². The molecule has 6 heteroatoms. The van der Waals surface area contributed by atoms with Crippen molar-refractivity contribution in [2.45, 2.75) is 33.0 Å². The van der Waals surface area contributed by atoms with Crippen LogP contribution >= 0.6 is 0 Å². The van der Waals surface area contributed by atoms with Gasteiger partial charge >= 0.3 is 6.18 Å². The minimum absolute atomic E-state index is 0.133. The van der Waals surface area contributed by atoms with Gasteiger partial charge in [0.25, 0.3) is 5.56 Å². The number of nitrogens with zero attached hydrogens (tertiary/aromatic N) is 1. The molecule has 0 saturated heterocycles. The van der Waals surface area contributed by atoms with Gasteiger partial charge in [0, 0.05) is 0 Å². The molecule has 28 heavy (non-hydrogen) atoms. The first-order valence-electron chi connectivity index (χ1n) is 8.96. The molecule has 146 valence electrons. The van der Waals surface area contributed by atoms with Crippen LogP contribution in [0.1, 0.15) is 29.2 Å². The van der Waals surface area contributed by atoms with Crippen LogP contribution in [0.3, 0.4) is 0 Å². The number of hydrogen-bond donors (Lipinski definition) is 1. The minimum atomic E-state index is -4.70. The lowest BCUT2D eigenvalue weighted by atomic mass is 10.0. The highest BCUT2D eigenvalue weighted by Gasteiger charge is 2.35. The van der Waals surface area contributed by atoms with E-state index in [1.54, 1.807) is 18.2 Å². The predicted octanol–water partition coefficient (Wildman–Crippen LogP) is 5.04. The number of aryl methyl sites for hydroxylation is 2. The zero-order valence-electron chi connectivity index (χ0n) is 15.7. The van der Waals surface area contributed by atoms with Crippen LogP contribution in [0.15, 0.2) is 59.4 Å². The van der Waals surface area contributed by atoms with Crippen molar-refractivity contribution in [2.75, 3.05) is 5.73 Å². The Hall–Kier alpha value is -3.02. The number of hydrogen-bond acceptors (Lipinski definition) is 2. The fourth-order valence-corrected chi connectivity index (χ4v) is 3.16. The maximum absolute atomic E-state index is 13.4. The van der Waals surface area contributed by atoms with Crippen LogP contribution in [0.2, 0.25) is 0 Å². The van der Waals surface area contributed by atoms with Gasteiger partial charge in [-0.05, 0) is 42.2 Å². The molecule has 0 amide bonds. The molecule has 3 rings (SSSR count). The summed E-state index contributed by atoms with van der Waals surface area (Å²) in [6.45, 7) is 4.01. The van der Waals surface area contributed by atoms with Gasteiger partial charge in [-0.1, -0.05) is 55.0 Å². The van der Waals surface area contributed by atoms with E-state index in [-0.39, 0.29) is 12.2 Å². The smallest absolute Gasteiger partial charge is 0.394 e. The van der Waals surface area contributed by atoms with Crippen molar-refractivity contribution in [1.29, 1.82) is 0 Å².